The van der Waals surface area contributed by atoms with Crippen LogP contribution in [-0.4, -0.2) is 83.1 Å². The van der Waals surface area contributed by atoms with Crippen LogP contribution in [0.2, 0.25) is 0 Å². The van der Waals surface area contributed by atoms with E-state index in [-0.39, 0.29) is 0 Å². The Morgan fingerprint density at radius 3 is 2.43 bits per heavy atom. The first-order chi connectivity index (χ1) is 13.6. The lowest BCUT2D eigenvalue weighted by atomic mass is 10.1. The fraction of sp³-hybridized carbons (Fsp3) is 0.476. The molecule has 0 amide bonds. The Morgan fingerprint density at radius 1 is 0.964 bits per heavy atom. The molecule has 0 aliphatic heterocycles. The molecule has 0 saturated heterocycles. The first-order valence-corrected chi connectivity index (χ1v) is 9.99. The van der Waals surface area contributed by atoms with Crippen LogP contribution in [0.5, 0.6) is 0 Å². The summed E-state index contributed by atoms with van der Waals surface area (Å²) in [6.07, 6.45) is 3.30. The maximum absolute atomic E-state index is 4.69. The van der Waals surface area contributed by atoms with Crippen LogP contribution >= 0.6 is 0 Å². The minimum Gasteiger partial charge on any atom is -0.368 e. The normalized spacial score (nSPS) is 11.6. The van der Waals surface area contributed by atoms with Crippen LogP contribution in [0.3, 0.4) is 0 Å². The molecule has 3 rings (SSSR count). The van der Waals surface area contributed by atoms with Gasteiger partial charge < -0.3 is 19.7 Å². The van der Waals surface area contributed by atoms with Gasteiger partial charge in [-0.1, -0.05) is 26.0 Å². The minimum atomic E-state index is 0.697. The number of hydrogen-bond acceptors (Lipinski definition) is 6. The van der Waals surface area contributed by atoms with Gasteiger partial charge in [-0.05, 0) is 39.3 Å². The van der Waals surface area contributed by atoms with E-state index in [1.807, 2.05) is 0 Å². The number of aromatic amines is 1. The molecule has 7 heteroatoms. The second kappa shape index (κ2) is 9.61. The van der Waals surface area contributed by atoms with Crippen LogP contribution < -0.4 is 4.90 Å². The highest BCUT2D eigenvalue weighted by molar-refractivity contribution is 5.80. The summed E-state index contributed by atoms with van der Waals surface area (Å²) in [7, 11) is 4.23. The SMILES string of the molecule is CCN(CC)CCN(CCN(C)C)c1ccccc1-c1nc2ncncc2[nH]1. The predicted molar refractivity (Wildman–Crippen MR) is 116 cm³/mol. The van der Waals surface area contributed by atoms with Crippen LogP contribution in [0.25, 0.3) is 22.6 Å². The summed E-state index contributed by atoms with van der Waals surface area (Å²) in [5.74, 6) is 0.837. The molecule has 150 valence electrons. The largest absolute Gasteiger partial charge is 0.368 e. The van der Waals surface area contributed by atoms with Crippen molar-refractivity contribution in [1.29, 1.82) is 0 Å². The second-order valence-corrected chi connectivity index (χ2v) is 7.18. The summed E-state index contributed by atoms with van der Waals surface area (Å²) < 4.78 is 0. The van der Waals surface area contributed by atoms with E-state index >= 15 is 0 Å². The number of aromatic nitrogens is 4. The highest BCUT2D eigenvalue weighted by Gasteiger charge is 2.16. The lowest BCUT2D eigenvalue weighted by molar-refractivity contribution is 0.307. The zero-order valence-corrected chi connectivity index (χ0v) is 17.4. The fourth-order valence-electron chi connectivity index (χ4n) is 3.31. The van der Waals surface area contributed by atoms with E-state index in [1.54, 1.807) is 6.20 Å². The first-order valence-electron chi connectivity index (χ1n) is 9.99. The Balaban J connectivity index is 1.92. The van der Waals surface area contributed by atoms with Crippen LogP contribution in [0.1, 0.15) is 13.8 Å². The second-order valence-electron chi connectivity index (χ2n) is 7.18. The molecular formula is C21H31N7. The van der Waals surface area contributed by atoms with Gasteiger partial charge in [-0.3, -0.25) is 0 Å². The van der Waals surface area contributed by atoms with Crippen LogP contribution in [0, 0.1) is 0 Å². The van der Waals surface area contributed by atoms with Crippen molar-refractivity contribution in [2.75, 3.05) is 58.3 Å². The van der Waals surface area contributed by atoms with Crippen molar-refractivity contribution in [2.45, 2.75) is 13.8 Å². The Bertz CT molecular complexity index is 837. The molecule has 0 saturated carbocycles. The predicted octanol–water partition coefficient (Wildman–Crippen LogP) is 2.73. The maximum atomic E-state index is 4.69. The quantitative estimate of drug-likeness (QED) is 0.583. The third kappa shape index (κ3) is 4.85. The van der Waals surface area contributed by atoms with Crippen LogP contribution in [0.15, 0.2) is 36.8 Å². The molecule has 0 radical (unpaired) electrons. The summed E-state index contributed by atoms with van der Waals surface area (Å²) in [6.45, 7) is 10.6. The third-order valence-corrected chi connectivity index (χ3v) is 5.06. The van der Waals surface area contributed by atoms with E-state index < -0.39 is 0 Å². The third-order valence-electron chi connectivity index (χ3n) is 5.06. The zero-order chi connectivity index (χ0) is 19.9. The van der Waals surface area contributed by atoms with Crippen molar-refractivity contribution in [3.8, 4) is 11.4 Å². The van der Waals surface area contributed by atoms with Crippen molar-refractivity contribution in [2.24, 2.45) is 0 Å². The Hall–Kier alpha value is -2.51. The molecule has 0 aliphatic carbocycles. The Kier molecular flexibility index (Phi) is 6.95. The molecule has 3 aromatic rings. The highest BCUT2D eigenvalue weighted by atomic mass is 15.2. The standard InChI is InChI=1S/C21H31N7/c1-5-27(6-2)12-14-28(13-11-26(3)4)19-10-8-7-9-17(19)20-24-18-15-22-16-23-21(18)25-20/h7-10,15-16H,5-6,11-14H2,1-4H3,(H,22,23,24,25). The lowest BCUT2D eigenvalue weighted by Crippen LogP contribution is -2.38. The monoisotopic (exact) mass is 381 g/mol. The van der Waals surface area contributed by atoms with Crippen LogP contribution in [-0.2, 0) is 0 Å². The number of para-hydroxylation sites is 1. The van der Waals surface area contributed by atoms with Gasteiger partial charge in [-0.15, -0.1) is 0 Å². The number of likely N-dealkylation sites (N-methyl/N-ethyl adjacent to an activating group) is 2. The number of hydrogen-bond donors (Lipinski definition) is 1. The average Bonchev–Trinajstić information content (AvgIpc) is 3.15. The maximum Gasteiger partial charge on any atom is 0.181 e. The molecule has 0 fully saturated rings. The zero-order valence-electron chi connectivity index (χ0n) is 17.4. The molecule has 1 N–H and O–H groups in total. The molecule has 2 aromatic heterocycles. The van der Waals surface area contributed by atoms with Gasteiger partial charge in [0.15, 0.2) is 5.65 Å². The smallest absolute Gasteiger partial charge is 0.181 e. The molecule has 0 unspecified atom stereocenters. The molecule has 0 spiro atoms. The van der Waals surface area contributed by atoms with Gasteiger partial charge in [0.1, 0.15) is 17.7 Å². The van der Waals surface area contributed by atoms with E-state index in [4.69, 9.17) is 4.98 Å². The van der Waals surface area contributed by atoms with Crippen molar-refractivity contribution >= 4 is 16.9 Å². The molecule has 0 bridgehead atoms. The van der Waals surface area contributed by atoms with Gasteiger partial charge in [0.05, 0.1) is 6.20 Å². The molecular weight excluding hydrogens is 350 g/mol. The molecule has 1 aromatic carbocycles. The Labute approximate surface area is 167 Å². The van der Waals surface area contributed by atoms with Crippen LogP contribution in [0.4, 0.5) is 5.69 Å². The summed E-state index contributed by atoms with van der Waals surface area (Å²) in [4.78, 5) is 23.6. The number of fused-ring (bicyclic) bond motifs is 1. The number of anilines is 1. The van der Waals surface area contributed by atoms with Crippen molar-refractivity contribution in [3.63, 3.8) is 0 Å². The number of nitrogens with one attached hydrogen (secondary N) is 1. The summed E-state index contributed by atoms with van der Waals surface area (Å²) >= 11 is 0. The van der Waals surface area contributed by atoms with Gasteiger partial charge in [0, 0.05) is 37.4 Å². The molecule has 28 heavy (non-hydrogen) atoms. The van der Waals surface area contributed by atoms with Gasteiger partial charge in [0.2, 0.25) is 0 Å². The number of rotatable bonds is 10. The average molecular weight is 382 g/mol. The summed E-state index contributed by atoms with van der Waals surface area (Å²) in [6, 6.07) is 8.47. The molecule has 0 atom stereocenters. The first kappa shape index (κ1) is 20.2. The Morgan fingerprint density at radius 2 is 1.71 bits per heavy atom. The highest BCUT2D eigenvalue weighted by Crippen LogP contribution is 2.29. The number of nitrogens with zero attached hydrogens (tertiary/aromatic N) is 6. The summed E-state index contributed by atoms with van der Waals surface area (Å²) in [5.41, 5.74) is 3.85. The van der Waals surface area contributed by atoms with Gasteiger partial charge in [-0.25, -0.2) is 15.0 Å². The van der Waals surface area contributed by atoms with Gasteiger partial charge in [0.25, 0.3) is 0 Å². The fourth-order valence-corrected chi connectivity index (χ4v) is 3.31. The summed E-state index contributed by atoms with van der Waals surface area (Å²) in [5, 5.41) is 0. The molecule has 0 aliphatic rings. The number of imidazole rings is 1. The minimum absolute atomic E-state index is 0.697. The lowest BCUT2D eigenvalue weighted by Gasteiger charge is -2.30. The van der Waals surface area contributed by atoms with Gasteiger partial charge >= 0.3 is 0 Å². The molecule has 2 heterocycles. The van der Waals surface area contributed by atoms with E-state index in [2.05, 4.69) is 81.9 Å². The topological polar surface area (TPSA) is 64.2 Å². The number of H-pyrrole nitrogens is 1. The van der Waals surface area contributed by atoms with Crippen molar-refractivity contribution < 1.29 is 0 Å². The van der Waals surface area contributed by atoms with Crippen molar-refractivity contribution in [1.82, 2.24) is 29.7 Å². The van der Waals surface area contributed by atoms with E-state index in [0.29, 0.717) is 5.65 Å². The molecule has 7 nitrogen and oxygen atoms in total. The van der Waals surface area contributed by atoms with E-state index in [0.717, 1.165) is 56.2 Å². The van der Waals surface area contributed by atoms with Crippen molar-refractivity contribution in [3.05, 3.63) is 36.8 Å². The van der Waals surface area contributed by atoms with E-state index in [9.17, 15) is 0 Å². The number of benzene rings is 1. The van der Waals surface area contributed by atoms with Gasteiger partial charge in [-0.2, -0.15) is 0 Å². The van der Waals surface area contributed by atoms with E-state index in [1.165, 1.54) is 12.0 Å².